The lowest BCUT2D eigenvalue weighted by Crippen LogP contribution is -2.16. The van der Waals surface area contributed by atoms with Crippen LogP contribution in [0, 0.1) is 0 Å². The summed E-state index contributed by atoms with van der Waals surface area (Å²) in [6.07, 6.45) is 2.32. The molecule has 3 aromatic heterocycles. The molecule has 8 nitrogen and oxygen atoms in total. The van der Waals surface area contributed by atoms with Gasteiger partial charge in [0.2, 0.25) is 0 Å². The molecule has 0 aliphatic carbocycles. The van der Waals surface area contributed by atoms with Crippen LogP contribution in [-0.4, -0.2) is 38.0 Å². The van der Waals surface area contributed by atoms with E-state index in [0.717, 1.165) is 44.9 Å². The van der Waals surface area contributed by atoms with Gasteiger partial charge in [0.15, 0.2) is 17.8 Å². The summed E-state index contributed by atoms with van der Waals surface area (Å²) in [6, 6.07) is 30.9. The highest BCUT2D eigenvalue weighted by Crippen LogP contribution is 2.32. The average Bonchev–Trinajstić information content (AvgIpc) is 3.37. The average molecular weight is 527 g/mol. The summed E-state index contributed by atoms with van der Waals surface area (Å²) in [5.41, 5.74) is 13.4. The number of rotatable bonds is 7. The first-order chi connectivity index (χ1) is 19.5. The number of hydrogen-bond donors (Lipinski definition) is 2. The lowest BCUT2D eigenvalue weighted by Gasteiger charge is -2.20. The quantitative estimate of drug-likeness (QED) is 0.250. The number of carbonyl (C=O) groups excluding carboxylic acids is 1. The third kappa shape index (κ3) is 4.63. The third-order valence-corrected chi connectivity index (χ3v) is 6.85. The van der Waals surface area contributed by atoms with Crippen LogP contribution in [0.25, 0.3) is 39.5 Å². The molecule has 8 heteroatoms. The molecule has 0 amide bonds. The molecular formula is C32H26N6O2. The molecule has 0 radical (unpaired) electrons. The van der Waals surface area contributed by atoms with E-state index in [-0.39, 0.29) is 11.3 Å². The number of benzene rings is 3. The number of aromatic hydroxyl groups is 1. The largest absolute Gasteiger partial charge is 0.507 e. The van der Waals surface area contributed by atoms with Crippen molar-refractivity contribution in [3.05, 3.63) is 114 Å². The van der Waals surface area contributed by atoms with Gasteiger partial charge in [-0.3, -0.25) is 9.36 Å². The van der Waals surface area contributed by atoms with Crippen molar-refractivity contribution in [2.24, 2.45) is 0 Å². The summed E-state index contributed by atoms with van der Waals surface area (Å²) in [6.45, 7) is 0.604. The van der Waals surface area contributed by atoms with E-state index in [2.05, 4.69) is 17.1 Å². The van der Waals surface area contributed by atoms with Gasteiger partial charge in [0, 0.05) is 36.7 Å². The smallest absolute Gasteiger partial charge is 0.165 e. The Hall–Kier alpha value is -5.50. The molecule has 0 unspecified atom stereocenters. The van der Waals surface area contributed by atoms with Crippen LogP contribution < -0.4 is 10.6 Å². The zero-order chi connectivity index (χ0) is 27.6. The van der Waals surface area contributed by atoms with Gasteiger partial charge in [0.25, 0.3) is 0 Å². The molecule has 0 aliphatic rings. The van der Waals surface area contributed by atoms with Crippen LogP contribution in [0.3, 0.4) is 0 Å². The third-order valence-electron chi connectivity index (χ3n) is 6.85. The van der Waals surface area contributed by atoms with Crippen LogP contribution in [0.2, 0.25) is 0 Å². The number of fused-ring (bicyclic) bond motifs is 1. The van der Waals surface area contributed by atoms with E-state index in [4.69, 9.17) is 15.7 Å². The number of nitrogens with two attached hydrogens (primary N) is 1. The van der Waals surface area contributed by atoms with E-state index in [1.54, 1.807) is 18.3 Å². The van der Waals surface area contributed by atoms with E-state index >= 15 is 0 Å². The molecule has 3 heterocycles. The molecule has 0 bridgehead atoms. The predicted molar refractivity (Wildman–Crippen MR) is 158 cm³/mol. The minimum atomic E-state index is -0.0295. The molecule has 0 saturated carbocycles. The van der Waals surface area contributed by atoms with Crippen LogP contribution in [0.1, 0.15) is 15.9 Å². The van der Waals surface area contributed by atoms with E-state index in [1.165, 1.54) is 6.07 Å². The van der Waals surface area contributed by atoms with Crippen molar-refractivity contribution in [2.45, 2.75) is 6.54 Å². The maximum absolute atomic E-state index is 11.3. The summed E-state index contributed by atoms with van der Waals surface area (Å²) >= 11 is 0. The fourth-order valence-electron chi connectivity index (χ4n) is 4.75. The molecule has 0 saturated heterocycles. The van der Waals surface area contributed by atoms with Gasteiger partial charge in [-0.05, 0) is 60.2 Å². The number of phenolic OH excluding ortho intramolecular Hbond substituents is 1. The van der Waals surface area contributed by atoms with Crippen LogP contribution in [0.5, 0.6) is 5.75 Å². The molecule has 0 aliphatic heterocycles. The van der Waals surface area contributed by atoms with Crippen molar-refractivity contribution >= 4 is 29.0 Å². The Morgan fingerprint density at radius 3 is 2.48 bits per heavy atom. The molecule has 40 heavy (non-hydrogen) atoms. The second-order valence-corrected chi connectivity index (χ2v) is 9.50. The fourth-order valence-corrected chi connectivity index (χ4v) is 4.75. The van der Waals surface area contributed by atoms with Crippen LogP contribution in [-0.2, 0) is 6.54 Å². The zero-order valence-electron chi connectivity index (χ0n) is 21.8. The van der Waals surface area contributed by atoms with Crippen molar-refractivity contribution in [2.75, 3.05) is 17.7 Å². The standard InChI is InChI=1S/C32H26N6O2/c1-37(25-13-16-29(40)23(18-25)20-39)19-21-9-11-24(12-10-21)38-31(26-8-5-17-34-30(26)33)36-28-15-14-27(35-32(28)38)22-6-3-2-4-7-22/h2-18,20,40H,19H2,1H3,(H2,33,34). The Morgan fingerprint density at radius 2 is 1.73 bits per heavy atom. The summed E-state index contributed by atoms with van der Waals surface area (Å²) in [5, 5.41) is 9.83. The van der Waals surface area contributed by atoms with Crippen molar-refractivity contribution in [1.82, 2.24) is 19.5 Å². The van der Waals surface area contributed by atoms with E-state index < -0.39 is 0 Å². The molecule has 0 fully saturated rings. The first-order valence-electron chi connectivity index (χ1n) is 12.8. The number of nitrogen functional groups attached to an aromatic ring is 1. The summed E-state index contributed by atoms with van der Waals surface area (Å²) in [4.78, 5) is 27.5. The van der Waals surface area contributed by atoms with Gasteiger partial charge in [0.1, 0.15) is 17.1 Å². The van der Waals surface area contributed by atoms with Crippen molar-refractivity contribution in [1.29, 1.82) is 0 Å². The Morgan fingerprint density at radius 1 is 0.925 bits per heavy atom. The van der Waals surface area contributed by atoms with Crippen molar-refractivity contribution in [3.63, 3.8) is 0 Å². The molecule has 0 atom stereocenters. The van der Waals surface area contributed by atoms with Crippen LogP contribution in [0.15, 0.2) is 103 Å². The van der Waals surface area contributed by atoms with Gasteiger partial charge in [0.05, 0.1) is 16.8 Å². The second kappa shape index (κ2) is 10.3. The van der Waals surface area contributed by atoms with Gasteiger partial charge in [-0.2, -0.15) is 0 Å². The summed E-state index contributed by atoms with van der Waals surface area (Å²) < 4.78 is 2.01. The maximum atomic E-state index is 11.3. The predicted octanol–water partition coefficient (Wildman–Crippen LogP) is 5.89. The van der Waals surface area contributed by atoms with E-state index in [0.29, 0.717) is 24.5 Å². The maximum Gasteiger partial charge on any atom is 0.165 e. The van der Waals surface area contributed by atoms with Gasteiger partial charge in [-0.1, -0.05) is 42.5 Å². The van der Waals surface area contributed by atoms with E-state index in [9.17, 15) is 9.90 Å². The Bertz CT molecular complexity index is 1830. The normalized spacial score (nSPS) is 11.0. The number of nitrogens with zero attached hydrogens (tertiary/aromatic N) is 5. The Kier molecular flexibility index (Phi) is 6.41. The number of phenols is 1. The number of carbonyl (C=O) groups is 1. The number of pyridine rings is 2. The number of aromatic nitrogens is 4. The number of anilines is 2. The molecule has 196 valence electrons. The highest BCUT2D eigenvalue weighted by atomic mass is 16.3. The lowest BCUT2D eigenvalue weighted by molar-refractivity contribution is 0.112. The van der Waals surface area contributed by atoms with Crippen LogP contribution in [0.4, 0.5) is 11.5 Å². The lowest BCUT2D eigenvalue weighted by atomic mass is 10.1. The molecule has 3 aromatic carbocycles. The fraction of sp³-hybridized carbons (Fsp3) is 0.0625. The molecule has 6 aromatic rings. The van der Waals surface area contributed by atoms with Gasteiger partial charge >= 0.3 is 0 Å². The minimum Gasteiger partial charge on any atom is -0.507 e. The number of aldehydes is 1. The van der Waals surface area contributed by atoms with E-state index in [1.807, 2.05) is 83.2 Å². The van der Waals surface area contributed by atoms with Gasteiger partial charge < -0.3 is 15.7 Å². The number of imidazole rings is 1. The molecule has 3 N–H and O–H groups in total. The highest BCUT2D eigenvalue weighted by molar-refractivity contribution is 5.84. The molecule has 0 spiro atoms. The zero-order valence-corrected chi connectivity index (χ0v) is 21.8. The van der Waals surface area contributed by atoms with Crippen molar-refractivity contribution in [3.8, 4) is 34.1 Å². The first kappa shape index (κ1) is 24.8. The molecule has 6 rings (SSSR count). The first-order valence-corrected chi connectivity index (χ1v) is 12.8. The van der Waals surface area contributed by atoms with Gasteiger partial charge in [-0.15, -0.1) is 0 Å². The Balaban J connectivity index is 1.41. The monoisotopic (exact) mass is 526 g/mol. The summed E-state index contributed by atoms with van der Waals surface area (Å²) in [7, 11) is 1.94. The second-order valence-electron chi connectivity index (χ2n) is 9.50. The molecular weight excluding hydrogens is 500 g/mol. The Labute approximate surface area is 231 Å². The highest BCUT2D eigenvalue weighted by Gasteiger charge is 2.19. The van der Waals surface area contributed by atoms with Gasteiger partial charge in [-0.25, -0.2) is 15.0 Å². The SMILES string of the molecule is CN(Cc1ccc(-n2c(-c3cccnc3N)nc3ccc(-c4ccccc4)nc32)cc1)c1ccc(O)c(C=O)c1. The minimum absolute atomic E-state index is 0.0295. The number of hydrogen-bond acceptors (Lipinski definition) is 7. The van der Waals surface area contributed by atoms with Crippen molar-refractivity contribution < 1.29 is 9.90 Å². The summed E-state index contributed by atoms with van der Waals surface area (Å²) in [5.74, 6) is 1.02. The van der Waals surface area contributed by atoms with Crippen LogP contribution >= 0.6 is 0 Å². The topological polar surface area (TPSA) is 110 Å².